The Bertz CT molecular complexity index is 553. The fraction of sp³-hybridized carbons (Fsp3) is 0.438. The summed E-state index contributed by atoms with van der Waals surface area (Å²) >= 11 is 1.69. The second-order valence-electron chi connectivity index (χ2n) is 5.34. The lowest BCUT2D eigenvalue weighted by atomic mass is 10.0. The summed E-state index contributed by atoms with van der Waals surface area (Å²) in [5, 5.41) is 7.56. The Morgan fingerprint density at radius 2 is 2.20 bits per heavy atom. The Labute approximate surface area is 123 Å². The number of rotatable bonds is 5. The van der Waals surface area contributed by atoms with Crippen molar-refractivity contribution in [2.45, 2.75) is 31.7 Å². The summed E-state index contributed by atoms with van der Waals surface area (Å²) in [5.41, 5.74) is 2.15. The topological polar surface area (TPSA) is 34.0 Å². The number of piperidine rings is 1. The first-order chi connectivity index (χ1) is 9.84. The largest absolute Gasteiger partial charge is 0.342 e. The van der Waals surface area contributed by atoms with E-state index in [0.717, 1.165) is 38.0 Å². The van der Waals surface area contributed by atoms with Gasteiger partial charge < -0.3 is 9.88 Å². The first-order valence-electron chi connectivity index (χ1n) is 7.26. The van der Waals surface area contributed by atoms with Gasteiger partial charge in [0.05, 0.1) is 5.69 Å². The third-order valence-corrected chi connectivity index (χ3v) is 4.72. The van der Waals surface area contributed by atoms with Crippen molar-refractivity contribution in [3.05, 3.63) is 46.4 Å². The van der Waals surface area contributed by atoms with E-state index in [1.807, 2.05) is 12.1 Å². The maximum absolute atomic E-state index is 12.4. The van der Waals surface area contributed by atoms with Crippen LogP contribution in [-0.4, -0.2) is 23.4 Å². The van der Waals surface area contributed by atoms with Gasteiger partial charge in [0, 0.05) is 18.7 Å². The van der Waals surface area contributed by atoms with Crippen molar-refractivity contribution in [1.82, 2.24) is 9.88 Å². The van der Waals surface area contributed by atoms with Crippen molar-refractivity contribution >= 4 is 17.1 Å². The first-order valence-corrected chi connectivity index (χ1v) is 8.21. The average molecular weight is 288 g/mol. The first kappa shape index (κ1) is 13.6. The normalized spacial score (nSPS) is 16.4. The van der Waals surface area contributed by atoms with Crippen molar-refractivity contribution in [2.75, 3.05) is 13.1 Å². The zero-order valence-electron chi connectivity index (χ0n) is 11.5. The Hall–Kier alpha value is -1.39. The third kappa shape index (κ3) is 3.02. The third-order valence-electron chi connectivity index (χ3n) is 3.99. The number of ketones is 1. The maximum Gasteiger partial charge on any atom is 0.179 e. The number of aromatic nitrogens is 1. The van der Waals surface area contributed by atoms with Crippen LogP contribution in [0.1, 0.15) is 41.4 Å². The van der Waals surface area contributed by atoms with Gasteiger partial charge in [-0.2, -0.15) is 11.3 Å². The molecule has 3 nitrogen and oxygen atoms in total. The molecule has 4 heteroatoms. The van der Waals surface area contributed by atoms with E-state index in [9.17, 15) is 4.79 Å². The summed E-state index contributed by atoms with van der Waals surface area (Å²) in [6.07, 6.45) is 5.73. The zero-order chi connectivity index (χ0) is 13.8. The molecule has 0 unspecified atom stereocenters. The van der Waals surface area contributed by atoms with E-state index in [-0.39, 0.29) is 5.78 Å². The van der Waals surface area contributed by atoms with Crippen molar-refractivity contribution in [1.29, 1.82) is 0 Å². The highest BCUT2D eigenvalue weighted by molar-refractivity contribution is 7.07. The quantitative estimate of drug-likeness (QED) is 0.857. The Balaban J connectivity index is 1.67. The molecule has 0 spiro atoms. The Morgan fingerprint density at radius 1 is 1.35 bits per heavy atom. The van der Waals surface area contributed by atoms with Crippen molar-refractivity contribution < 1.29 is 4.79 Å². The molecule has 0 atom stereocenters. The molecule has 0 radical (unpaired) electrons. The molecule has 1 fully saturated rings. The Morgan fingerprint density at radius 3 is 2.95 bits per heavy atom. The maximum atomic E-state index is 12.4. The molecule has 0 aliphatic carbocycles. The number of thiophene rings is 1. The van der Waals surface area contributed by atoms with Crippen LogP contribution in [0.25, 0.3) is 0 Å². The van der Waals surface area contributed by atoms with E-state index < -0.39 is 0 Å². The molecule has 2 aromatic rings. The lowest BCUT2D eigenvalue weighted by Crippen LogP contribution is -2.30. The SMILES string of the molecule is O=C(CCc1ccsc1)c1cccn1C1CCNCC1. The monoisotopic (exact) mass is 288 g/mol. The summed E-state index contributed by atoms with van der Waals surface area (Å²) in [4.78, 5) is 12.4. The average Bonchev–Trinajstić information content (AvgIpc) is 3.17. The van der Waals surface area contributed by atoms with Crippen molar-refractivity contribution in [3.8, 4) is 0 Å². The van der Waals surface area contributed by atoms with E-state index in [4.69, 9.17) is 0 Å². The summed E-state index contributed by atoms with van der Waals surface area (Å²) < 4.78 is 2.19. The van der Waals surface area contributed by atoms with Crippen LogP contribution in [-0.2, 0) is 6.42 Å². The number of Topliss-reactive ketones (excluding diaryl/α,β-unsaturated/α-hetero) is 1. The molecule has 1 aliphatic rings. The van der Waals surface area contributed by atoms with E-state index in [2.05, 4.69) is 32.9 Å². The van der Waals surface area contributed by atoms with Gasteiger partial charge in [-0.25, -0.2) is 0 Å². The number of aryl methyl sites for hydroxylation is 1. The summed E-state index contributed by atoms with van der Waals surface area (Å²) in [5.74, 6) is 0.264. The van der Waals surface area contributed by atoms with E-state index in [1.54, 1.807) is 11.3 Å². The number of hydrogen-bond donors (Lipinski definition) is 1. The summed E-state index contributed by atoms with van der Waals surface area (Å²) in [7, 11) is 0. The highest BCUT2D eigenvalue weighted by atomic mass is 32.1. The second-order valence-corrected chi connectivity index (χ2v) is 6.12. The lowest BCUT2D eigenvalue weighted by Gasteiger charge is -2.25. The van der Waals surface area contributed by atoms with Gasteiger partial charge in [-0.15, -0.1) is 0 Å². The molecule has 0 saturated carbocycles. The standard InChI is InChI=1S/C16H20N2OS/c19-16(4-3-13-7-11-20-12-13)15-2-1-10-18(15)14-5-8-17-9-6-14/h1-2,7,10-12,14,17H,3-6,8-9H2. The molecule has 1 saturated heterocycles. The molecule has 106 valence electrons. The molecular weight excluding hydrogens is 268 g/mol. The van der Waals surface area contributed by atoms with Crippen LogP contribution >= 0.6 is 11.3 Å². The van der Waals surface area contributed by atoms with Gasteiger partial charge in [0.2, 0.25) is 0 Å². The van der Waals surface area contributed by atoms with E-state index in [1.165, 1.54) is 5.56 Å². The minimum absolute atomic E-state index is 0.264. The summed E-state index contributed by atoms with van der Waals surface area (Å²) in [6.45, 7) is 2.09. The molecule has 0 amide bonds. The number of hydrogen-bond acceptors (Lipinski definition) is 3. The molecule has 3 heterocycles. The number of carbonyl (C=O) groups is 1. The predicted octanol–water partition coefficient (Wildman–Crippen LogP) is 3.29. The second kappa shape index (κ2) is 6.37. The van der Waals surface area contributed by atoms with Crippen molar-refractivity contribution in [3.63, 3.8) is 0 Å². The smallest absolute Gasteiger partial charge is 0.179 e. The van der Waals surface area contributed by atoms with Gasteiger partial charge in [0.15, 0.2) is 5.78 Å². The molecule has 0 bridgehead atoms. The molecule has 20 heavy (non-hydrogen) atoms. The highest BCUT2D eigenvalue weighted by Crippen LogP contribution is 2.22. The van der Waals surface area contributed by atoms with Crippen LogP contribution in [0.4, 0.5) is 0 Å². The highest BCUT2D eigenvalue weighted by Gasteiger charge is 2.19. The molecule has 3 rings (SSSR count). The number of carbonyl (C=O) groups excluding carboxylic acids is 1. The van der Waals surface area contributed by atoms with Crippen LogP contribution in [0, 0.1) is 0 Å². The van der Waals surface area contributed by atoms with Gasteiger partial charge in [-0.05, 0) is 66.9 Å². The fourth-order valence-electron chi connectivity index (χ4n) is 2.85. The summed E-state index contributed by atoms with van der Waals surface area (Å²) in [6, 6.07) is 6.55. The van der Waals surface area contributed by atoms with Gasteiger partial charge in [-0.3, -0.25) is 4.79 Å². The number of nitrogens with zero attached hydrogens (tertiary/aromatic N) is 1. The van der Waals surface area contributed by atoms with Crippen molar-refractivity contribution in [2.24, 2.45) is 0 Å². The Kier molecular flexibility index (Phi) is 4.33. The van der Waals surface area contributed by atoms with Gasteiger partial charge >= 0.3 is 0 Å². The van der Waals surface area contributed by atoms with Crippen LogP contribution in [0.5, 0.6) is 0 Å². The van der Waals surface area contributed by atoms with Gasteiger partial charge in [0.25, 0.3) is 0 Å². The van der Waals surface area contributed by atoms with E-state index in [0.29, 0.717) is 12.5 Å². The lowest BCUT2D eigenvalue weighted by molar-refractivity contribution is 0.0970. The molecule has 1 aliphatic heterocycles. The molecular formula is C16H20N2OS. The molecule has 1 N–H and O–H groups in total. The van der Waals surface area contributed by atoms with Gasteiger partial charge in [-0.1, -0.05) is 0 Å². The van der Waals surface area contributed by atoms with E-state index >= 15 is 0 Å². The van der Waals surface area contributed by atoms with Crippen LogP contribution in [0.2, 0.25) is 0 Å². The molecule has 2 aromatic heterocycles. The number of nitrogens with one attached hydrogen (secondary N) is 1. The zero-order valence-corrected chi connectivity index (χ0v) is 12.4. The fourth-order valence-corrected chi connectivity index (χ4v) is 3.56. The minimum atomic E-state index is 0.264. The van der Waals surface area contributed by atoms with Crippen LogP contribution in [0.3, 0.4) is 0 Å². The van der Waals surface area contributed by atoms with Gasteiger partial charge in [0.1, 0.15) is 0 Å². The van der Waals surface area contributed by atoms with Crippen LogP contribution in [0.15, 0.2) is 35.2 Å². The minimum Gasteiger partial charge on any atom is -0.342 e. The predicted molar refractivity (Wildman–Crippen MR) is 82.5 cm³/mol. The molecule has 0 aromatic carbocycles. The van der Waals surface area contributed by atoms with Crippen LogP contribution < -0.4 is 5.32 Å².